The molecule has 0 fully saturated rings. The topological polar surface area (TPSA) is 58.0 Å². The second kappa shape index (κ2) is 6.58. The molecule has 0 saturated heterocycles. The van der Waals surface area contributed by atoms with Crippen molar-refractivity contribution in [2.45, 2.75) is 6.54 Å². The maximum absolute atomic E-state index is 13.7. The predicted molar refractivity (Wildman–Crippen MR) is 86.9 cm³/mol. The van der Waals surface area contributed by atoms with E-state index >= 15 is 0 Å². The molecule has 1 aromatic carbocycles. The van der Waals surface area contributed by atoms with Gasteiger partial charge in [-0.3, -0.25) is 4.79 Å². The van der Waals surface area contributed by atoms with E-state index in [9.17, 15) is 9.18 Å². The van der Waals surface area contributed by atoms with E-state index in [4.69, 9.17) is 16.6 Å². The molecule has 3 aromatic rings. The van der Waals surface area contributed by atoms with Crippen LogP contribution in [-0.2, 0) is 6.54 Å². The number of carbonyl (C=O) groups is 1. The van der Waals surface area contributed by atoms with Gasteiger partial charge >= 0.3 is 0 Å². The van der Waals surface area contributed by atoms with Crippen molar-refractivity contribution in [1.29, 1.82) is 0 Å². The average molecular weight is 328 g/mol. The fraction of sp³-hybridized carbons (Fsp3) is 0.0588. The third-order valence-electron chi connectivity index (χ3n) is 3.29. The van der Waals surface area contributed by atoms with Crippen LogP contribution in [0.3, 0.4) is 0 Å². The summed E-state index contributed by atoms with van der Waals surface area (Å²) in [6, 6.07) is 13.1. The molecule has 6 heteroatoms. The van der Waals surface area contributed by atoms with Crippen molar-refractivity contribution in [1.82, 2.24) is 10.3 Å². The molecule has 0 aliphatic rings. The van der Waals surface area contributed by atoms with Gasteiger partial charge in [0.1, 0.15) is 22.0 Å². The molecule has 2 N–H and O–H groups in total. The number of pyridine rings is 1. The fourth-order valence-corrected chi connectivity index (χ4v) is 2.37. The largest absolute Gasteiger partial charge is 0.459 e. The Bertz CT molecular complexity index is 901. The third kappa shape index (κ3) is 3.37. The number of halogens is 1. The van der Waals surface area contributed by atoms with Crippen LogP contribution in [0.4, 0.5) is 4.39 Å². The standard InChI is InChI=1S/C17H13FN2O2S/c18-14-6-2-1-4-12(14)15-8-7-11(22-15)10-20-16(21)13-5-3-9-19-17(13)23/h1-9H,10H2,(H,19,23)(H,20,21). The molecule has 1 amide bonds. The zero-order chi connectivity index (χ0) is 16.2. The Morgan fingerprint density at radius 1 is 1.17 bits per heavy atom. The quantitative estimate of drug-likeness (QED) is 0.710. The number of H-pyrrole nitrogens is 1. The Kier molecular flexibility index (Phi) is 4.34. The lowest BCUT2D eigenvalue weighted by atomic mass is 10.1. The van der Waals surface area contributed by atoms with Gasteiger partial charge in [-0.1, -0.05) is 24.4 Å². The lowest BCUT2D eigenvalue weighted by Gasteiger charge is -2.03. The molecule has 0 atom stereocenters. The summed E-state index contributed by atoms with van der Waals surface area (Å²) in [5.41, 5.74) is 0.777. The Labute approximate surface area is 137 Å². The number of furan rings is 1. The summed E-state index contributed by atoms with van der Waals surface area (Å²) >= 11 is 5.06. The van der Waals surface area contributed by atoms with Crippen molar-refractivity contribution in [2.75, 3.05) is 0 Å². The molecule has 2 aromatic heterocycles. The first kappa shape index (κ1) is 15.2. The summed E-state index contributed by atoms with van der Waals surface area (Å²) in [6.07, 6.45) is 1.66. The fourth-order valence-electron chi connectivity index (χ4n) is 2.14. The minimum absolute atomic E-state index is 0.191. The summed E-state index contributed by atoms with van der Waals surface area (Å²) in [4.78, 5) is 14.9. The number of benzene rings is 1. The maximum Gasteiger partial charge on any atom is 0.254 e. The highest BCUT2D eigenvalue weighted by Gasteiger charge is 2.11. The summed E-state index contributed by atoms with van der Waals surface area (Å²) in [7, 11) is 0. The molecule has 0 aliphatic carbocycles. The molecule has 0 radical (unpaired) electrons. The summed E-state index contributed by atoms with van der Waals surface area (Å²) < 4.78 is 19.7. The lowest BCUT2D eigenvalue weighted by molar-refractivity contribution is 0.0947. The summed E-state index contributed by atoms with van der Waals surface area (Å²) in [6.45, 7) is 0.191. The van der Waals surface area contributed by atoms with Crippen LogP contribution in [0.2, 0.25) is 0 Å². The van der Waals surface area contributed by atoms with Crippen LogP contribution < -0.4 is 5.32 Å². The first-order valence-corrected chi connectivity index (χ1v) is 7.35. The Morgan fingerprint density at radius 2 is 2.00 bits per heavy atom. The smallest absolute Gasteiger partial charge is 0.254 e. The molecule has 116 valence electrons. The highest BCUT2D eigenvalue weighted by atomic mass is 32.1. The molecule has 0 aliphatic heterocycles. The van der Waals surface area contributed by atoms with Gasteiger partial charge in [0.15, 0.2) is 0 Å². The maximum atomic E-state index is 13.7. The van der Waals surface area contributed by atoms with E-state index in [0.29, 0.717) is 27.3 Å². The van der Waals surface area contributed by atoms with Crippen LogP contribution >= 0.6 is 12.2 Å². The van der Waals surface area contributed by atoms with E-state index in [0.717, 1.165) is 0 Å². The van der Waals surface area contributed by atoms with Crippen molar-refractivity contribution in [3.8, 4) is 11.3 Å². The van der Waals surface area contributed by atoms with Gasteiger partial charge in [0, 0.05) is 6.20 Å². The molecular weight excluding hydrogens is 315 g/mol. The Hall–Kier alpha value is -2.73. The minimum Gasteiger partial charge on any atom is -0.459 e. The molecule has 0 saturated carbocycles. The molecular formula is C17H13FN2O2S. The van der Waals surface area contributed by atoms with Crippen molar-refractivity contribution < 1.29 is 13.6 Å². The zero-order valence-corrected chi connectivity index (χ0v) is 12.8. The van der Waals surface area contributed by atoms with E-state index in [1.54, 1.807) is 48.7 Å². The SMILES string of the molecule is O=C(NCc1ccc(-c2ccccc2F)o1)c1ccc[nH]c1=S. The van der Waals surface area contributed by atoms with E-state index in [1.807, 2.05) is 0 Å². The number of aromatic nitrogens is 1. The highest BCUT2D eigenvalue weighted by molar-refractivity contribution is 7.71. The highest BCUT2D eigenvalue weighted by Crippen LogP contribution is 2.24. The number of hydrogen-bond donors (Lipinski definition) is 2. The second-order valence-corrected chi connectivity index (χ2v) is 5.25. The van der Waals surface area contributed by atoms with Gasteiger partial charge < -0.3 is 14.7 Å². The van der Waals surface area contributed by atoms with Gasteiger partial charge in [0.05, 0.1) is 17.7 Å². The molecule has 0 spiro atoms. The van der Waals surface area contributed by atoms with Crippen molar-refractivity contribution >= 4 is 18.1 Å². The normalized spacial score (nSPS) is 10.5. The Morgan fingerprint density at radius 3 is 2.78 bits per heavy atom. The van der Waals surface area contributed by atoms with Crippen LogP contribution in [-0.4, -0.2) is 10.9 Å². The summed E-state index contributed by atoms with van der Waals surface area (Å²) in [5, 5.41) is 2.72. The average Bonchev–Trinajstić information content (AvgIpc) is 3.02. The molecule has 4 nitrogen and oxygen atoms in total. The first-order chi connectivity index (χ1) is 11.1. The lowest BCUT2D eigenvalue weighted by Crippen LogP contribution is -2.23. The molecule has 3 rings (SSSR count). The van der Waals surface area contributed by atoms with Crippen molar-refractivity contribution in [3.63, 3.8) is 0 Å². The van der Waals surface area contributed by atoms with Gasteiger partial charge in [0.25, 0.3) is 5.91 Å². The zero-order valence-electron chi connectivity index (χ0n) is 12.0. The first-order valence-electron chi connectivity index (χ1n) is 6.94. The van der Waals surface area contributed by atoms with Crippen LogP contribution in [0.1, 0.15) is 16.1 Å². The summed E-state index contributed by atoms with van der Waals surface area (Å²) in [5.74, 6) is 0.301. The number of amides is 1. The molecule has 23 heavy (non-hydrogen) atoms. The van der Waals surface area contributed by atoms with Gasteiger partial charge in [0.2, 0.25) is 0 Å². The van der Waals surface area contributed by atoms with Crippen molar-refractivity contribution in [3.05, 3.63) is 76.5 Å². The number of nitrogens with one attached hydrogen (secondary N) is 2. The van der Waals surface area contributed by atoms with Gasteiger partial charge in [-0.2, -0.15) is 0 Å². The number of carbonyl (C=O) groups excluding carboxylic acids is 1. The van der Waals surface area contributed by atoms with Gasteiger partial charge in [-0.25, -0.2) is 4.39 Å². The van der Waals surface area contributed by atoms with Crippen molar-refractivity contribution in [2.24, 2.45) is 0 Å². The van der Waals surface area contributed by atoms with Crippen LogP contribution in [0.5, 0.6) is 0 Å². The minimum atomic E-state index is -0.354. The third-order valence-corrected chi connectivity index (χ3v) is 3.62. The van der Waals surface area contributed by atoms with Crippen LogP contribution in [0, 0.1) is 10.5 Å². The predicted octanol–water partition coefficient (Wildman–Crippen LogP) is 4.07. The second-order valence-electron chi connectivity index (χ2n) is 4.84. The number of aromatic amines is 1. The van der Waals surface area contributed by atoms with E-state index in [-0.39, 0.29) is 18.3 Å². The van der Waals surface area contributed by atoms with E-state index in [1.165, 1.54) is 6.07 Å². The van der Waals surface area contributed by atoms with Gasteiger partial charge in [-0.05, 0) is 36.4 Å². The molecule has 0 bridgehead atoms. The Balaban J connectivity index is 1.71. The number of rotatable bonds is 4. The van der Waals surface area contributed by atoms with E-state index < -0.39 is 0 Å². The number of hydrogen-bond acceptors (Lipinski definition) is 3. The van der Waals surface area contributed by atoms with Crippen LogP contribution in [0.25, 0.3) is 11.3 Å². The molecule has 2 heterocycles. The monoisotopic (exact) mass is 328 g/mol. The van der Waals surface area contributed by atoms with E-state index in [2.05, 4.69) is 10.3 Å². The molecule has 0 unspecified atom stereocenters. The van der Waals surface area contributed by atoms with Gasteiger partial charge in [-0.15, -0.1) is 0 Å². The van der Waals surface area contributed by atoms with Crippen LogP contribution in [0.15, 0.2) is 59.1 Å².